The highest BCUT2D eigenvalue weighted by atomic mass is 16.6. The molecule has 0 radical (unpaired) electrons. The molecule has 0 N–H and O–H groups in total. The molecule has 116 valence electrons. The van der Waals surface area contributed by atoms with E-state index in [1.807, 2.05) is 0 Å². The van der Waals surface area contributed by atoms with Gasteiger partial charge in [-0.25, -0.2) is 0 Å². The maximum Gasteiger partial charge on any atom is 0.281 e. The maximum absolute atomic E-state index is 11.1. The average Bonchev–Trinajstić information content (AvgIpc) is 2.46. The van der Waals surface area contributed by atoms with Crippen LogP contribution >= 0.6 is 0 Å². The standard InChI is InChI=1S/C15H16N2O5/c18-16(19)9-2-1-8(13(5-9)17(20)21)7-22-14-6-12-10-3-4-11(10)15(12)14/h1-2,5,10-12,14-15H,3-4,6-7H2/t10-,11-,12-,14-,15+/m1/s1. The fourth-order valence-electron chi connectivity index (χ4n) is 4.47. The Morgan fingerprint density at radius 1 is 1.09 bits per heavy atom. The van der Waals surface area contributed by atoms with Crippen molar-refractivity contribution in [3.63, 3.8) is 0 Å². The van der Waals surface area contributed by atoms with E-state index in [2.05, 4.69) is 0 Å². The van der Waals surface area contributed by atoms with E-state index in [9.17, 15) is 20.2 Å². The lowest BCUT2D eigenvalue weighted by Gasteiger charge is -2.68. The maximum atomic E-state index is 11.1. The van der Waals surface area contributed by atoms with Crippen LogP contribution < -0.4 is 0 Å². The third-order valence-corrected chi connectivity index (χ3v) is 5.79. The molecule has 3 aliphatic rings. The van der Waals surface area contributed by atoms with Gasteiger partial charge in [0, 0.05) is 6.07 Å². The average molecular weight is 304 g/mol. The van der Waals surface area contributed by atoms with E-state index >= 15 is 0 Å². The Balaban J connectivity index is 1.44. The van der Waals surface area contributed by atoms with Gasteiger partial charge in [-0.3, -0.25) is 20.2 Å². The lowest BCUT2D eigenvalue weighted by atomic mass is 9.38. The van der Waals surface area contributed by atoms with Crippen LogP contribution in [-0.2, 0) is 11.3 Å². The van der Waals surface area contributed by atoms with E-state index in [4.69, 9.17) is 4.74 Å². The molecule has 0 aromatic heterocycles. The molecule has 0 heterocycles. The number of fused-ring (bicyclic) bond motifs is 4. The minimum atomic E-state index is -0.626. The number of nitro groups is 2. The number of benzene rings is 1. The molecule has 0 saturated heterocycles. The summed E-state index contributed by atoms with van der Waals surface area (Å²) < 4.78 is 5.87. The predicted octanol–water partition coefficient (Wildman–Crippen LogP) is 3.06. The molecule has 0 aliphatic heterocycles. The van der Waals surface area contributed by atoms with Gasteiger partial charge in [0.2, 0.25) is 0 Å². The molecule has 0 unspecified atom stereocenters. The fourth-order valence-corrected chi connectivity index (χ4v) is 4.47. The molecule has 0 bridgehead atoms. The van der Waals surface area contributed by atoms with Crippen LogP contribution in [0.3, 0.4) is 0 Å². The van der Waals surface area contributed by atoms with Gasteiger partial charge in [0.1, 0.15) is 0 Å². The van der Waals surface area contributed by atoms with Gasteiger partial charge >= 0.3 is 0 Å². The second-order valence-corrected chi connectivity index (χ2v) is 6.56. The zero-order valence-corrected chi connectivity index (χ0v) is 11.9. The molecule has 7 nitrogen and oxygen atoms in total. The normalized spacial score (nSPS) is 34.5. The quantitative estimate of drug-likeness (QED) is 0.615. The highest BCUT2D eigenvalue weighted by molar-refractivity contribution is 5.48. The van der Waals surface area contributed by atoms with Crippen molar-refractivity contribution in [2.75, 3.05) is 0 Å². The fraction of sp³-hybridized carbons (Fsp3) is 0.600. The zero-order chi connectivity index (χ0) is 15.4. The molecule has 3 fully saturated rings. The van der Waals surface area contributed by atoms with Crippen molar-refractivity contribution < 1.29 is 14.6 Å². The largest absolute Gasteiger partial charge is 0.373 e. The molecule has 1 aromatic rings. The number of non-ortho nitro benzene ring substituents is 1. The Labute approximate surface area is 126 Å². The van der Waals surface area contributed by atoms with Gasteiger partial charge in [-0.05, 0) is 49.0 Å². The number of nitro benzene ring substituents is 2. The molecule has 1 aromatic carbocycles. The van der Waals surface area contributed by atoms with Gasteiger partial charge in [-0.15, -0.1) is 0 Å². The lowest BCUT2D eigenvalue weighted by Crippen LogP contribution is -2.65. The first-order valence-corrected chi connectivity index (χ1v) is 7.59. The van der Waals surface area contributed by atoms with Gasteiger partial charge in [0.25, 0.3) is 11.4 Å². The number of rotatable bonds is 5. The summed E-state index contributed by atoms with van der Waals surface area (Å²) in [4.78, 5) is 20.6. The van der Waals surface area contributed by atoms with E-state index in [1.165, 1.54) is 25.0 Å². The van der Waals surface area contributed by atoms with Gasteiger partial charge in [-0.1, -0.05) is 0 Å². The first-order valence-electron chi connectivity index (χ1n) is 7.59. The van der Waals surface area contributed by atoms with Gasteiger partial charge in [0.05, 0.1) is 34.2 Å². The highest BCUT2D eigenvalue weighted by Crippen LogP contribution is 2.67. The summed E-state index contributed by atoms with van der Waals surface area (Å²) in [5.41, 5.74) is -0.0980. The van der Waals surface area contributed by atoms with Crippen molar-refractivity contribution in [2.45, 2.75) is 32.0 Å². The Bertz CT molecular complexity index is 655. The Hall–Kier alpha value is -2.02. The summed E-state index contributed by atoms with van der Waals surface area (Å²) in [6.07, 6.45) is 3.92. The Morgan fingerprint density at radius 3 is 2.45 bits per heavy atom. The van der Waals surface area contributed by atoms with Crippen LogP contribution in [0, 0.1) is 43.9 Å². The first kappa shape index (κ1) is 13.6. The van der Waals surface area contributed by atoms with Crippen molar-refractivity contribution in [3.05, 3.63) is 44.0 Å². The van der Waals surface area contributed by atoms with Gasteiger partial charge in [0.15, 0.2) is 0 Å². The summed E-state index contributed by atoms with van der Waals surface area (Å²) in [6.45, 7) is 0.152. The summed E-state index contributed by atoms with van der Waals surface area (Å²) in [7, 11) is 0. The monoisotopic (exact) mass is 304 g/mol. The van der Waals surface area contributed by atoms with E-state index in [0.717, 1.165) is 30.2 Å². The van der Waals surface area contributed by atoms with Crippen LogP contribution in [0.2, 0.25) is 0 Å². The Kier molecular flexibility index (Phi) is 2.94. The molecule has 0 spiro atoms. The third-order valence-electron chi connectivity index (χ3n) is 5.79. The topological polar surface area (TPSA) is 95.5 Å². The van der Waals surface area contributed by atoms with Crippen LogP contribution in [0.25, 0.3) is 0 Å². The van der Waals surface area contributed by atoms with E-state index < -0.39 is 9.85 Å². The molecule has 7 heteroatoms. The molecule has 3 aliphatic carbocycles. The zero-order valence-electron chi connectivity index (χ0n) is 11.9. The molecule has 3 saturated carbocycles. The smallest absolute Gasteiger partial charge is 0.281 e. The van der Waals surface area contributed by atoms with Crippen molar-refractivity contribution in [1.82, 2.24) is 0 Å². The summed E-state index contributed by atoms with van der Waals surface area (Å²) in [6, 6.07) is 3.73. The second kappa shape index (κ2) is 4.74. The minimum Gasteiger partial charge on any atom is -0.373 e. The molecule has 4 rings (SSSR count). The van der Waals surface area contributed by atoms with E-state index in [-0.39, 0.29) is 24.1 Å². The molecule has 22 heavy (non-hydrogen) atoms. The van der Waals surface area contributed by atoms with Gasteiger partial charge in [-0.2, -0.15) is 0 Å². The van der Waals surface area contributed by atoms with E-state index in [0.29, 0.717) is 11.5 Å². The predicted molar refractivity (Wildman–Crippen MR) is 76.1 cm³/mol. The lowest BCUT2D eigenvalue weighted by molar-refractivity contribution is -0.394. The van der Waals surface area contributed by atoms with Crippen molar-refractivity contribution in [1.29, 1.82) is 0 Å². The van der Waals surface area contributed by atoms with Crippen LogP contribution in [0.1, 0.15) is 24.8 Å². The Morgan fingerprint density at radius 2 is 1.86 bits per heavy atom. The number of nitrogens with zero attached hydrogens (tertiary/aromatic N) is 2. The van der Waals surface area contributed by atoms with Crippen LogP contribution in [0.4, 0.5) is 11.4 Å². The minimum absolute atomic E-state index is 0.152. The molecule has 5 atom stereocenters. The van der Waals surface area contributed by atoms with Crippen LogP contribution in [-0.4, -0.2) is 16.0 Å². The number of hydrogen-bond donors (Lipinski definition) is 0. The first-order chi connectivity index (χ1) is 10.6. The van der Waals surface area contributed by atoms with Crippen molar-refractivity contribution >= 4 is 11.4 Å². The summed E-state index contributed by atoms with van der Waals surface area (Å²) >= 11 is 0. The van der Waals surface area contributed by atoms with Gasteiger partial charge < -0.3 is 4.74 Å². The van der Waals surface area contributed by atoms with Crippen LogP contribution in [0.5, 0.6) is 0 Å². The SMILES string of the molecule is O=[N+]([O-])c1ccc(CO[C@@H]2C[C@@H]3[C@@H]4CC[C@H]4[C@@H]32)c([N+](=O)[O-])c1. The molecular weight excluding hydrogens is 288 g/mol. The summed E-state index contributed by atoms with van der Waals surface area (Å²) in [5, 5.41) is 21.8. The van der Waals surface area contributed by atoms with Crippen molar-refractivity contribution in [3.8, 4) is 0 Å². The van der Waals surface area contributed by atoms with Crippen LogP contribution in [0.15, 0.2) is 18.2 Å². The second-order valence-electron chi connectivity index (χ2n) is 6.56. The number of hydrogen-bond acceptors (Lipinski definition) is 5. The molecular formula is C15H16N2O5. The molecule has 0 amide bonds. The highest BCUT2D eigenvalue weighted by Gasteiger charge is 2.64. The summed E-state index contributed by atoms with van der Waals surface area (Å²) in [5.74, 6) is 3.20. The van der Waals surface area contributed by atoms with E-state index in [1.54, 1.807) is 0 Å². The third kappa shape index (κ3) is 1.85. The number of ether oxygens (including phenoxy) is 1. The van der Waals surface area contributed by atoms with Crippen molar-refractivity contribution in [2.24, 2.45) is 23.7 Å².